The van der Waals surface area contributed by atoms with Crippen LogP contribution in [0.15, 0.2) is 53.0 Å². The van der Waals surface area contributed by atoms with E-state index in [1.165, 1.54) is 21.2 Å². The first kappa shape index (κ1) is 12.9. The molecule has 0 radical (unpaired) electrons. The van der Waals surface area contributed by atoms with Gasteiger partial charge in [-0.15, -0.1) is 0 Å². The predicted molar refractivity (Wildman–Crippen MR) is 83.6 cm³/mol. The van der Waals surface area contributed by atoms with Crippen LogP contribution in [0.3, 0.4) is 0 Å². The van der Waals surface area contributed by atoms with Crippen LogP contribution in [0.5, 0.6) is 0 Å². The van der Waals surface area contributed by atoms with Gasteiger partial charge in [0.25, 0.3) is 0 Å². The van der Waals surface area contributed by atoms with E-state index in [1.807, 2.05) is 0 Å². The number of halogens is 1. The molecule has 1 aliphatic heterocycles. The Kier molecular flexibility index (Phi) is 3.46. The highest BCUT2D eigenvalue weighted by Crippen LogP contribution is 2.34. The minimum absolute atomic E-state index is 0.260. The third kappa shape index (κ3) is 2.47. The zero-order chi connectivity index (χ0) is 13.3. The molecule has 98 valence electrons. The Balaban J connectivity index is 1.94. The molecule has 0 saturated carbocycles. The van der Waals surface area contributed by atoms with E-state index >= 15 is 0 Å². The Bertz CT molecular complexity index is 587. The Morgan fingerprint density at radius 2 is 1.89 bits per heavy atom. The molecule has 1 heterocycles. The maximum atomic E-state index is 3.59. The van der Waals surface area contributed by atoms with Gasteiger partial charge in [-0.1, -0.05) is 52.3 Å². The number of nitrogens with one attached hydrogen (secondary N) is 1. The molecule has 3 rings (SSSR count). The predicted octanol–water partition coefficient (Wildman–Crippen LogP) is 3.84. The van der Waals surface area contributed by atoms with Crippen LogP contribution < -0.4 is 5.32 Å². The molecule has 1 N–H and O–H groups in total. The van der Waals surface area contributed by atoms with Gasteiger partial charge in [-0.3, -0.25) is 0 Å². The first-order chi connectivity index (χ1) is 9.20. The fourth-order valence-corrected chi connectivity index (χ4v) is 3.25. The fourth-order valence-electron chi connectivity index (χ4n) is 2.85. The van der Waals surface area contributed by atoms with Gasteiger partial charge >= 0.3 is 0 Å². The summed E-state index contributed by atoms with van der Waals surface area (Å²) in [5.41, 5.74) is 4.55. The molecule has 19 heavy (non-hydrogen) atoms. The zero-order valence-electron chi connectivity index (χ0n) is 11.1. The summed E-state index contributed by atoms with van der Waals surface area (Å²) in [5.74, 6) is 0. The smallest absolute Gasteiger partial charge is 0.0243 e. The van der Waals surface area contributed by atoms with Crippen molar-refractivity contribution in [1.29, 1.82) is 0 Å². The van der Waals surface area contributed by atoms with Gasteiger partial charge in [0.15, 0.2) is 0 Å². The molecule has 0 bridgehead atoms. The zero-order valence-corrected chi connectivity index (χ0v) is 12.7. The normalized spacial score (nSPS) is 16.9. The van der Waals surface area contributed by atoms with E-state index in [1.54, 1.807) is 0 Å². The van der Waals surface area contributed by atoms with E-state index in [2.05, 4.69) is 76.7 Å². The molecule has 1 saturated heterocycles. The quantitative estimate of drug-likeness (QED) is 0.907. The molecule has 0 atom stereocenters. The van der Waals surface area contributed by atoms with Gasteiger partial charge in [0.1, 0.15) is 0 Å². The Morgan fingerprint density at radius 3 is 2.53 bits per heavy atom. The maximum absolute atomic E-state index is 3.59. The van der Waals surface area contributed by atoms with Crippen LogP contribution in [0.25, 0.3) is 0 Å². The molecule has 2 heteroatoms. The molecule has 1 nitrogen and oxygen atoms in total. The second-order valence-corrected chi connectivity index (χ2v) is 6.41. The number of hydrogen-bond acceptors (Lipinski definition) is 1. The van der Waals surface area contributed by atoms with Crippen LogP contribution in [0, 0.1) is 6.92 Å². The van der Waals surface area contributed by atoms with Crippen molar-refractivity contribution in [3.63, 3.8) is 0 Å². The lowest BCUT2D eigenvalue weighted by Gasteiger charge is -2.44. The van der Waals surface area contributed by atoms with E-state index in [0.717, 1.165) is 19.5 Å². The summed E-state index contributed by atoms with van der Waals surface area (Å²) in [6, 6.07) is 17.5. The molecule has 1 fully saturated rings. The third-order valence-electron chi connectivity index (χ3n) is 4.15. The van der Waals surface area contributed by atoms with Crippen molar-refractivity contribution in [2.45, 2.75) is 18.8 Å². The Morgan fingerprint density at radius 1 is 1.11 bits per heavy atom. The lowest BCUT2D eigenvalue weighted by atomic mass is 9.70. The lowest BCUT2D eigenvalue weighted by molar-refractivity contribution is 0.274. The van der Waals surface area contributed by atoms with Crippen LogP contribution in [0.4, 0.5) is 0 Å². The summed E-state index contributed by atoms with van der Waals surface area (Å²) in [6.07, 6.45) is 1.11. The van der Waals surface area contributed by atoms with Crippen LogP contribution >= 0.6 is 15.9 Å². The molecule has 0 amide bonds. The minimum atomic E-state index is 0.260. The minimum Gasteiger partial charge on any atom is -0.315 e. The van der Waals surface area contributed by atoms with Gasteiger partial charge in [0.05, 0.1) is 0 Å². The van der Waals surface area contributed by atoms with Gasteiger partial charge in [-0.05, 0) is 42.2 Å². The van der Waals surface area contributed by atoms with Gasteiger partial charge in [0, 0.05) is 23.0 Å². The average molecular weight is 316 g/mol. The van der Waals surface area contributed by atoms with E-state index < -0.39 is 0 Å². The van der Waals surface area contributed by atoms with Gasteiger partial charge < -0.3 is 5.32 Å². The summed E-state index contributed by atoms with van der Waals surface area (Å²) in [5, 5.41) is 3.44. The van der Waals surface area contributed by atoms with Crippen molar-refractivity contribution in [2.24, 2.45) is 0 Å². The first-order valence-electron chi connectivity index (χ1n) is 6.71. The highest BCUT2D eigenvalue weighted by molar-refractivity contribution is 9.10. The van der Waals surface area contributed by atoms with Gasteiger partial charge in [-0.25, -0.2) is 0 Å². The van der Waals surface area contributed by atoms with E-state index in [-0.39, 0.29) is 5.41 Å². The summed E-state index contributed by atoms with van der Waals surface area (Å²) in [4.78, 5) is 0. The molecular weight excluding hydrogens is 298 g/mol. The Hall–Kier alpha value is -1.12. The maximum Gasteiger partial charge on any atom is 0.0243 e. The molecule has 0 spiro atoms. The van der Waals surface area contributed by atoms with Crippen molar-refractivity contribution in [3.05, 3.63) is 69.7 Å². The average Bonchev–Trinajstić information content (AvgIpc) is 2.36. The third-order valence-corrected chi connectivity index (χ3v) is 4.65. The molecule has 2 aromatic carbocycles. The highest BCUT2D eigenvalue weighted by Gasteiger charge is 2.38. The molecule has 1 aliphatic rings. The number of rotatable bonds is 3. The van der Waals surface area contributed by atoms with Crippen molar-refractivity contribution in [1.82, 2.24) is 5.32 Å². The summed E-state index contributed by atoms with van der Waals surface area (Å²) < 4.78 is 1.17. The van der Waals surface area contributed by atoms with Crippen LogP contribution in [0.2, 0.25) is 0 Å². The van der Waals surface area contributed by atoms with Gasteiger partial charge in [0.2, 0.25) is 0 Å². The van der Waals surface area contributed by atoms with Gasteiger partial charge in [-0.2, -0.15) is 0 Å². The number of hydrogen-bond donors (Lipinski definition) is 1. The Labute approximate surface area is 123 Å². The topological polar surface area (TPSA) is 12.0 Å². The molecule has 0 aromatic heterocycles. The lowest BCUT2D eigenvalue weighted by Crippen LogP contribution is -2.58. The standard InChI is InChI=1S/C17H18BrN/c1-13-5-2-3-6-14(13)10-17(11-19-12-17)15-7-4-8-16(18)9-15/h2-9,19H,10-12H2,1H3. The second kappa shape index (κ2) is 5.10. The van der Waals surface area contributed by atoms with Crippen molar-refractivity contribution in [3.8, 4) is 0 Å². The van der Waals surface area contributed by atoms with Crippen LogP contribution in [-0.2, 0) is 11.8 Å². The van der Waals surface area contributed by atoms with Crippen LogP contribution in [-0.4, -0.2) is 13.1 Å². The van der Waals surface area contributed by atoms with Crippen molar-refractivity contribution in [2.75, 3.05) is 13.1 Å². The SMILES string of the molecule is Cc1ccccc1CC1(c2cccc(Br)c2)CNC1. The summed E-state index contributed by atoms with van der Waals surface area (Å²) >= 11 is 3.59. The van der Waals surface area contributed by atoms with E-state index in [4.69, 9.17) is 0 Å². The summed E-state index contributed by atoms with van der Waals surface area (Å²) in [6.45, 7) is 4.34. The van der Waals surface area contributed by atoms with E-state index in [0.29, 0.717) is 0 Å². The molecule has 2 aromatic rings. The largest absolute Gasteiger partial charge is 0.315 e. The monoisotopic (exact) mass is 315 g/mol. The molecule has 0 aliphatic carbocycles. The molecule has 0 unspecified atom stereocenters. The summed E-state index contributed by atoms with van der Waals surface area (Å²) in [7, 11) is 0. The second-order valence-electron chi connectivity index (χ2n) is 5.50. The van der Waals surface area contributed by atoms with Crippen molar-refractivity contribution < 1.29 is 0 Å². The fraction of sp³-hybridized carbons (Fsp3) is 0.294. The first-order valence-corrected chi connectivity index (χ1v) is 7.50. The van der Waals surface area contributed by atoms with E-state index in [9.17, 15) is 0 Å². The van der Waals surface area contributed by atoms with Crippen LogP contribution in [0.1, 0.15) is 16.7 Å². The number of aryl methyl sites for hydroxylation is 1. The molecular formula is C17H18BrN. The highest BCUT2D eigenvalue weighted by atomic mass is 79.9. The van der Waals surface area contributed by atoms with Crippen molar-refractivity contribution >= 4 is 15.9 Å². The number of benzene rings is 2.